The maximum atomic E-state index is 12.2. The molecule has 2 rings (SSSR count). The van der Waals surface area contributed by atoms with Crippen LogP contribution in [0.4, 0.5) is 0 Å². The third kappa shape index (κ3) is 4.52. The highest BCUT2D eigenvalue weighted by atomic mass is 16.3. The molecule has 116 valence electrons. The molecule has 0 bridgehead atoms. The zero-order chi connectivity index (χ0) is 15.5. The minimum Gasteiger partial charge on any atom is -0.387 e. The molecule has 1 heterocycles. The minimum absolute atomic E-state index is 0.137. The number of rotatable bonds is 5. The van der Waals surface area contributed by atoms with Gasteiger partial charge in [0, 0.05) is 25.2 Å². The van der Waals surface area contributed by atoms with Gasteiger partial charge in [-0.05, 0) is 57.2 Å². The summed E-state index contributed by atoms with van der Waals surface area (Å²) < 4.78 is 0. The lowest BCUT2D eigenvalue weighted by atomic mass is 9.98. The molecule has 1 aromatic carbocycles. The van der Waals surface area contributed by atoms with Crippen LogP contribution in [0.1, 0.15) is 28.4 Å². The minimum atomic E-state index is -0.936. The van der Waals surface area contributed by atoms with Crippen LogP contribution in [0.3, 0.4) is 0 Å². The monoisotopic (exact) mass is 291 g/mol. The van der Waals surface area contributed by atoms with Crippen LogP contribution >= 0.6 is 0 Å². The van der Waals surface area contributed by atoms with Crippen molar-refractivity contribution in [3.8, 4) is 0 Å². The van der Waals surface area contributed by atoms with Crippen LogP contribution < -0.4 is 10.6 Å². The number of fused-ring (bicyclic) bond motifs is 1. The largest absolute Gasteiger partial charge is 0.387 e. The summed E-state index contributed by atoms with van der Waals surface area (Å²) in [4.78, 5) is 14.1. The molecule has 1 amide bonds. The van der Waals surface area contributed by atoms with Crippen LogP contribution in [0.25, 0.3) is 0 Å². The Morgan fingerprint density at radius 2 is 2.19 bits per heavy atom. The van der Waals surface area contributed by atoms with Crippen molar-refractivity contribution in [2.75, 3.05) is 33.7 Å². The fourth-order valence-corrected chi connectivity index (χ4v) is 2.73. The number of aliphatic hydroxyl groups is 1. The van der Waals surface area contributed by atoms with Crippen molar-refractivity contribution >= 4 is 5.91 Å². The van der Waals surface area contributed by atoms with E-state index in [4.69, 9.17) is 0 Å². The summed E-state index contributed by atoms with van der Waals surface area (Å²) in [6.45, 7) is 4.27. The Hall–Kier alpha value is -1.43. The standard InChI is InChI=1S/C16H25N3O2/c1-16(21,11-19(2)3)10-18-15(20)13-5-4-12-6-7-17-9-14(12)8-13/h4-5,8,17,21H,6-7,9-11H2,1-3H3,(H,18,20). The lowest BCUT2D eigenvalue weighted by Crippen LogP contribution is -2.47. The molecule has 0 aromatic heterocycles. The van der Waals surface area contributed by atoms with E-state index in [0.717, 1.165) is 19.5 Å². The van der Waals surface area contributed by atoms with Gasteiger partial charge >= 0.3 is 0 Å². The molecule has 0 fully saturated rings. The molecule has 5 nitrogen and oxygen atoms in total. The SMILES string of the molecule is CN(C)CC(C)(O)CNC(=O)c1ccc2c(c1)CNCC2. The Labute approximate surface area is 126 Å². The van der Waals surface area contributed by atoms with Gasteiger partial charge in [0.1, 0.15) is 0 Å². The van der Waals surface area contributed by atoms with E-state index in [-0.39, 0.29) is 12.5 Å². The molecule has 5 heteroatoms. The number of benzene rings is 1. The molecule has 0 saturated carbocycles. The van der Waals surface area contributed by atoms with Crippen LogP contribution in [-0.4, -0.2) is 55.2 Å². The molecule has 3 N–H and O–H groups in total. The first kappa shape index (κ1) is 15.9. The summed E-state index contributed by atoms with van der Waals surface area (Å²) in [6, 6.07) is 5.83. The first-order valence-electron chi connectivity index (χ1n) is 7.35. The molecular formula is C16H25N3O2. The van der Waals surface area contributed by atoms with Crippen molar-refractivity contribution in [3.05, 3.63) is 34.9 Å². The molecule has 0 radical (unpaired) electrons. The summed E-state index contributed by atoms with van der Waals surface area (Å²) >= 11 is 0. The summed E-state index contributed by atoms with van der Waals surface area (Å²) in [5.74, 6) is -0.137. The van der Waals surface area contributed by atoms with Gasteiger partial charge in [-0.2, -0.15) is 0 Å². The third-order valence-corrected chi connectivity index (χ3v) is 3.64. The zero-order valence-electron chi connectivity index (χ0n) is 13.1. The van der Waals surface area contributed by atoms with Crippen molar-refractivity contribution in [2.24, 2.45) is 0 Å². The van der Waals surface area contributed by atoms with Crippen molar-refractivity contribution in [1.29, 1.82) is 0 Å². The quantitative estimate of drug-likeness (QED) is 0.734. The van der Waals surface area contributed by atoms with Crippen LogP contribution in [0.2, 0.25) is 0 Å². The van der Waals surface area contributed by atoms with Gasteiger partial charge in [-0.15, -0.1) is 0 Å². The first-order valence-corrected chi connectivity index (χ1v) is 7.35. The molecule has 1 aliphatic heterocycles. The normalized spacial score (nSPS) is 17.2. The van der Waals surface area contributed by atoms with Crippen molar-refractivity contribution in [1.82, 2.24) is 15.5 Å². The van der Waals surface area contributed by atoms with E-state index in [1.165, 1.54) is 11.1 Å². The first-order chi connectivity index (χ1) is 9.87. The molecule has 1 aromatic rings. The molecule has 1 atom stereocenters. The molecular weight excluding hydrogens is 266 g/mol. The van der Waals surface area contributed by atoms with Gasteiger partial charge in [-0.25, -0.2) is 0 Å². The van der Waals surface area contributed by atoms with Crippen molar-refractivity contribution < 1.29 is 9.90 Å². The predicted molar refractivity (Wildman–Crippen MR) is 83.4 cm³/mol. The summed E-state index contributed by atoms with van der Waals surface area (Å²) in [5.41, 5.74) is 2.21. The van der Waals surface area contributed by atoms with E-state index in [9.17, 15) is 9.90 Å². The Bertz CT molecular complexity index is 512. The number of carbonyl (C=O) groups excluding carboxylic acids is 1. The van der Waals surface area contributed by atoms with Crippen LogP contribution in [0, 0.1) is 0 Å². The van der Waals surface area contributed by atoms with E-state index in [2.05, 4.69) is 10.6 Å². The number of amides is 1. The number of carbonyl (C=O) groups is 1. The van der Waals surface area contributed by atoms with Gasteiger partial charge in [0.05, 0.1) is 5.60 Å². The molecule has 21 heavy (non-hydrogen) atoms. The fourth-order valence-electron chi connectivity index (χ4n) is 2.73. The lowest BCUT2D eigenvalue weighted by molar-refractivity contribution is 0.0326. The van der Waals surface area contributed by atoms with Gasteiger partial charge < -0.3 is 20.6 Å². The predicted octanol–water partition coefficient (Wildman–Crippen LogP) is 0.375. The lowest BCUT2D eigenvalue weighted by Gasteiger charge is -2.27. The van der Waals surface area contributed by atoms with Crippen LogP contribution in [-0.2, 0) is 13.0 Å². The second-order valence-electron chi connectivity index (χ2n) is 6.33. The third-order valence-electron chi connectivity index (χ3n) is 3.64. The average molecular weight is 291 g/mol. The summed E-state index contributed by atoms with van der Waals surface area (Å²) in [6.07, 6.45) is 1.01. The fraction of sp³-hybridized carbons (Fsp3) is 0.562. The zero-order valence-corrected chi connectivity index (χ0v) is 13.1. The molecule has 0 aliphatic carbocycles. The molecule has 1 aliphatic rings. The number of likely N-dealkylation sites (N-methyl/N-ethyl adjacent to an activating group) is 1. The highest BCUT2D eigenvalue weighted by Crippen LogP contribution is 2.16. The second-order valence-corrected chi connectivity index (χ2v) is 6.33. The van der Waals surface area contributed by atoms with Gasteiger partial charge in [0.25, 0.3) is 5.91 Å². The van der Waals surface area contributed by atoms with Crippen LogP contribution in [0.5, 0.6) is 0 Å². The summed E-state index contributed by atoms with van der Waals surface area (Å²) in [5, 5.41) is 16.3. The van der Waals surface area contributed by atoms with E-state index in [1.807, 2.05) is 37.2 Å². The number of nitrogens with one attached hydrogen (secondary N) is 2. The molecule has 0 saturated heterocycles. The Morgan fingerprint density at radius 1 is 1.43 bits per heavy atom. The maximum Gasteiger partial charge on any atom is 0.251 e. The van der Waals surface area contributed by atoms with E-state index >= 15 is 0 Å². The van der Waals surface area contributed by atoms with Crippen molar-refractivity contribution in [2.45, 2.75) is 25.5 Å². The van der Waals surface area contributed by atoms with E-state index in [1.54, 1.807) is 6.92 Å². The Kier molecular flexibility index (Phi) is 4.98. The molecule has 1 unspecified atom stereocenters. The Morgan fingerprint density at radius 3 is 2.90 bits per heavy atom. The van der Waals surface area contributed by atoms with E-state index in [0.29, 0.717) is 12.1 Å². The van der Waals surface area contributed by atoms with Gasteiger partial charge in [0.2, 0.25) is 0 Å². The number of nitrogens with zero attached hydrogens (tertiary/aromatic N) is 1. The van der Waals surface area contributed by atoms with E-state index < -0.39 is 5.60 Å². The van der Waals surface area contributed by atoms with Gasteiger partial charge in [-0.1, -0.05) is 6.07 Å². The second kappa shape index (κ2) is 6.56. The Balaban J connectivity index is 1.97. The maximum absolute atomic E-state index is 12.2. The molecule has 0 spiro atoms. The van der Waals surface area contributed by atoms with Gasteiger partial charge in [-0.3, -0.25) is 4.79 Å². The highest BCUT2D eigenvalue weighted by Gasteiger charge is 2.22. The smallest absolute Gasteiger partial charge is 0.251 e. The average Bonchev–Trinajstić information content (AvgIpc) is 2.43. The number of hydrogen-bond donors (Lipinski definition) is 3. The number of hydrogen-bond acceptors (Lipinski definition) is 4. The topological polar surface area (TPSA) is 64.6 Å². The van der Waals surface area contributed by atoms with Crippen molar-refractivity contribution in [3.63, 3.8) is 0 Å². The highest BCUT2D eigenvalue weighted by molar-refractivity contribution is 5.94. The summed E-state index contributed by atoms with van der Waals surface area (Å²) in [7, 11) is 3.79. The van der Waals surface area contributed by atoms with Gasteiger partial charge in [0.15, 0.2) is 0 Å². The van der Waals surface area contributed by atoms with Crippen LogP contribution in [0.15, 0.2) is 18.2 Å².